The summed E-state index contributed by atoms with van der Waals surface area (Å²) in [6.07, 6.45) is 3.06. The van der Waals surface area contributed by atoms with Crippen LogP contribution in [0.1, 0.15) is 25.3 Å². The lowest BCUT2D eigenvalue weighted by Crippen LogP contribution is -2.36. The van der Waals surface area contributed by atoms with E-state index in [1.165, 1.54) is 11.0 Å². The molecule has 0 aliphatic rings. The van der Waals surface area contributed by atoms with Crippen molar-refractivity contribution in [3.8, 4) is 0 Å². The zero-order valence-electron chi connectivity index (χ0n) is 10.6. The number of carbonyl (C=O) groups is 1. The van der Waals surface area contributed by atoms with Crippen molar-refractivity contribution >= 4 is 17.4 Å². The summed E-state index contributed by atoms with van der Waals surface area (Å²) >= 11 is 0. The zero-order chi connectivity index (χ0) is 13.5. The third-order valence-electron chi connectivity index (χ3n) is 2.63. The van der Waals surface area contributed by atoms with Crippen molar-refractivity contribution in [3.63, 3.8) is 0 Å². The lowest BCUT2D eigenvalue weighted by Gasteiger charge is -2.21. The smallest absolute Gasteiger partial charge is 0.251 e. The molecule has 1 rings (SSSR count). The van der Waals surface area contributed by atoms with Crippen molar-refractivity contribution in [3.05, 3.63) is 42.5 Å². The molecule has 0 bridgehead atoms. The van der Waals surface area contributed by atoms with Crippen LogP contribution in [0.2, 0.25) is 0 Å². The van der Waals surface area contributed by atoms with Gasteiger partial charge in [-0.15, -0.1) is 0 Å². The molecule has 0 fully saturated rings. The van der Waals surface area contributed by atoms with Gasteiger partial charge in [0, 0.05) is 17.8 Å². The number of nitrogens with zero attached hydrogens (tertiary/aromatic N) is 1. The highest BCUT2D eigenvalue weighted by atomic mass is 16.2. The van der Waals surface area contributed by atoms with Crippen molar-refractivity contribution in [2.75, 3.05) is 12.3 Å². The number of nitrogens with one attached hydrogen (secondary N) is 1. The van der Waals surface area contributed by atoms with E-state index in [2.05, 4.69) is 6.58 Å². The highest BCUT2D eigenvalue weighted by Crippen LogP contribution is 2.10. The summed E-state index contributed by atoms with van der Waals surface area (Å²) in [7, 11) is 0. The standard InChI is InChI=1S/C14H19N3O/c1-3-5-10-17(13(18)4-2)14(16)11-6-8-12(15)9-7-11/h4,6-9,16H,2-3,5,10,15H2,1H3. The second-order valence-electron chi connectivity index (χ2n) is 4.02. The maximum absolute atomic E-state index is 11.7. The van der Waals surface area contributed by atoms with Crippen LogP contribution in [0.3, 0.4) is 0 Å². The van der Waals surface area contributed by atoms with E-state index in [4.69, 9.17) is 11.1 Å². The Morgan fingerprint density at radius 2 is 2.06 bits per heavy atom. The van der Waals surface area contributed by atoms with E-state index >= 15 is 0 Å². The summed E-state index contributed by atoms with van der Waals surface area (Å²) < 4.78 is 0. The summed E-state index contributed by atoms with van der Waals surface area (Å²) in [6, 6.07) is 6.93. The molecule has 96 valence electrons. The number of nitrogen functional groups attached to an aromatic ring is 1. The van der Waals surface area contributed by atoms with Gasteiger partial charge in [0.05, 0.1) is 0 Å². The maximum atomic E-state index is 11.7. The van der Waals surface area contributed by atoms with Crippen LogP contribution in [0.5, 0.6) is 0 Å². The minimum Gasteiger partial charge on any atom is -0.399 e. The molecule has 4 heteroatoms. The first kappa shape index (κ1) is 14.0. The van der Waals surface area contributed by atoms with E-state index < -0.39 is 0 Å². The molecule has 0 unspecified atom stereocenters. The summed E-state index contributed by atoms with van der Waals surface area (Å²) in [5.74, 6) is -0.0568. The number of carbonyl (C=O) groups excluding carboxylic acids is 1. The van der Waals surface area contributed by atoms with Crippen molar-refractivity contribution in [2.24, 2.45) is 0 Å². The zero-order valence-corrected chi connectivity index (χ0v) is 10.6. The van der Waals surface area contributed by atoms with Crippen LogP contribution in [0.4, 0.5) is 5.69 Å². The minimum absolute atomic E-state index is 0.188. The Labute approximate surface area is 108 Å². The summed E-state index contributed by atoms with van der Waals surface area (Å²) in [4.78, 5) is 13.2. The van der Waals surface area contributed by atoms with Gasteiger partial charge in [0.15, 0.2) is 0 Å². The van der Waals surface area contributed by atoms with Gasteiger partial charge in [-0.1, -0.05) is 19.9 Å². The lowest BCUT2D eigenvalue weighted by molar-refractivity contribution is -0.122. The normalized spacial score (nSPS) is 9.83. The third kappa shape index (κ3) is 3.45. The molecule has 0 aliphatic heterocycles. The number of anilines is 1. The lowest BCUT2D eigenvalue weighted by atomic mass is 10.1. The fraction of sp³-hybridized carbons (Fsp3) is 0.286. The molecule has 0 aromatic heterocycles. The van der Waals surface area contributed by atoms with Crippen LogP contribution in [0, 0.1) is 5.41 Å². The Morgan fingerprint density at radius 3 is 2.56 bits per heavy atom. The molecule has 0 heterocycles. The monoisotopic (exact) mass is 245 g/mol. The molecule has 0 saturated heterocycles. The highest BCUT2D eigenvalue weighted by molar-refractivity contribution is 6.09. The predicted molar refractivity (Wildman–Crippen MR) is 74.5 cm³/mol. The number of amides is 1. The molecule has 1 aromatic carbocycles. The van der Waals surface area contributed by atoms with Crippen LogP contribution in [-0.2, 0) is 4.79 Å². The van der Waals surface area contributed by atoms with Gasteiger partial charge < -0.3 is 5.73 Å². The largest absolute Gasteiger partial charge is 0.399 e. The maximum Gasteiger partial charge on any atom is 0.251 e. The topological polar surface area (TPSA) is 70.2 Å². The minimum atomic E-state index is -0.245. The van der Waals surface area contributed by atoms with Gasteiger partial charge in [-0.05, 0) is 36.8 Å². The molecule has 0 saturated carbocycles. The quantitative estimate of drug-likeness (QED) is 0.362. The SMILES string of the molecule is C=CC(=O)N(CCCC)C(=N)c1ccc(N)cc1. The number of amidine groups is 1. The van der Waals surface area contributed by atoms with E-state index in [0.717, 1.165) is 12.8 Å². The first-order chi connectivity index (χ1) is 8.60. The predicted octanol–water partition coefficient (Wildman–Crippen LogP) is 2.41. The number of unbranched alkanes of at least 4 members (excludes halogenated alkanes) is 1. The number of rotatable bonds is 5. The average molecular weight is 245 g/mol. The molecular weight excluding hydrogens is 226 g/mol. The molecule has 0 spiro atoms. The van der Waals surface area contributed by atoms with Crippen LogP contribution in [-0.4, -0.2) is 23.2 Å². The molecule has 18 heavy (non-hydrogen) atoms. The van der Waals surface area contributed by atoms with Crippen LogP contribution < -0.4 is 5.73 Å². The Bertz CT molecular complexity index is 437. The van der Waals surface area contributed by atoms with Gasteiger partial charge in [-0.2, -0.15) is 0 Å². The van der Waals surface area contributed by atoms with Crippen LogP contribution in [0.25, 0.3) is 0 Å². The van der Waals surface area contributed by atoms with Gasteiger partial charge in [-0.25, -0.2) is 0 Å². The fourth-order valence-corrected chi connectivity index (χ4v) is 1.56. The first-order valence-electron chi connectivity index (χ1n) is 5.98. The van der Waals surface area contributed by atoms with E-state index in [-0.39, 0.29) is 11.7 Å². The summed E-state index contributed by atoms with van der Waals surface area (Å²) in [5, 5.41) is 8.09. The average Bonchev–Trinajstić information content (AvgIpc) is 2.39. The molecule has 0 atom stereocenters. The van der Waals surface area contributed by atoms with Crippen LogP contribution in [0.15, 0.2) is 36.9 Å². The third-order valence-corrected chi connectivity index (χ3v) is 2.63. The number of hydrogen-bond acceptors (Lipinski definition) is 3. The summed E-state index contributed by atoms with van der Waals surface area (Å²) in [5.41, 5.74) is 6.92. The molecule has 0 radical (unpaired) electrons. The van der Waals surface area contributed by atoms with Gasteiger partial charge in [0.25, 0.3) is 5.91 Å². The van der Waals surface area contributed by atoms with E-state index in [9.17, 15) is 4.79 Å². The second-order valence-corrected chi connectivity index (χ2v) is 4.02. The van der Waals surface area contributed by atoms with Crippen molar-refractivity contribution in [2.45, 2.75) is 19.8 Å². The van der Waals surface area contributed by atoms with E-state index in [1.54, 1.807) is 24.3 Å². The van der Waals surface area contributed by atoms with Gasteiger partial charge in [0.2, 0.25) is 0 Å². The Hall–Kier alpha value is -2.10. The molecule has 1 amide bonds. The second kappa shape index (κ2) is 6.59. The van der Waals surface area contributed by atoms with Crippen molar-refractivity contribution < 1.29 is 4.79 Å². The molecular formula is C14H19N3O. The van der Waals surface area contributed by atoms with Gasteiger partial charge in [0.1, 0.15) is 5.84 Å². The Morgan fingerprint density at radius 1 is 1.44 bits per heavy atom. The van der Waals surface area contributed by atoms with Gasteiger partial charge >= 0.3 is 0 Å². The van der Waals surface area contributed by atoms with Crippen molar-refractivity contribution in [1.29, 1.82) is 5.41 Å². The van der Waals surface area contributed by atoms with E-state index in [0.29, 0.717) is 17.8 Å². The van der Waals surface area contributed by atoms with Crippen LogP contribution >= 0.6 is 0 Å². The first-order valence-corrected chi connectivity index (χ1v) is 5.98. The van der Waals surface area contributed by atoms with Crippen molar-refractivity contribution in [1.82, 2.24) is 4.90 Å². The van der Waals surface area contributed by atoms with Gasteiger partial charge in [-0.3, -0.25) is 15.1 Å². The summed E-state index contributed by atoms with van der Waals surface area (Å²) in [6.45, 7) is 6.05. The highest BCUT2D eigenvalue weighted by Gasteiger charge is 2.16. The molecule has 0 aliphatic carbocycles. The fourth-order valence-electron chi connectivity index (χ4n) is 1.56. The number of nitrogens with two attached hydrogens (primary N) is 1. The Balaban J connectivity index is 2.90. The molecule has 3 N–H and O–H groups in total. The number of benzene rings is 1. The molecule has 1 aromatic rings. The number of hydrogen-bond donors (Lipinski definition) is 2. The molecule has 4 nitrogen and oxygen atoms in total. The Kier molecular flexibility index (Phi) is 5.11. The van der Waals surface area contributed by atoms with E-state index in [1.807, 2.05) is 6.92 Å².